The van der Waals surface area contributed by atoms with Crippen molar-refractivity contribution in [2.45, 2.75) is 18.9 Å². The smallest absolute Gasteiger partial charge is 0.0120 e. The Balaban J connectivity index is 2.40. The van der Waals surface area contributed by atoms with Crippen LogP contribution in [0.1, 0.15) is 11.1 Å². The van der Waals surface area contributed by atoms with Crippen LogP contribution in [0.3, 0.4) is 0 Å². The molecule has 1 nitrogen and oxygen atoms in total. The number of benzene rings is 2. The Hall–Kier alpha value is -1.34. The second-order valence-electron chi connectivity index (χ2n) is 4.10. The van der Waals surface area contributed by atoms with E-state index in [4.69, 9.17) is 5.73 Å². The molecule has 1 aliphatic carbocycles. The van der Waals surface area contributed by atoms with Gasteiger partial charge in [-0.1, -0.05) is 36.4 Å². The molecule has 1 heteroatoms. The highest BCUT2D eigenvalue weighted by Gasteiger charge is 2.16. The SMILES string of the molecule is NC1Cc2cccc3cccc(c23)C1. The normalized spacial score (nSPS) is 16.1. The van der Waals surface area contributed by atoms with Gasteiger partial charge in [0.15, 0.2) is 0 Å². The van der Waals surface area contributed by atoms with Gasteiger partial charge in [0, 0.05) is 6.04 Å². The predicted molar refractivity (Wildman–Crippen MR) is 59.3 cm³/mol. The van der Waals surface area contributed by atoms with Gasteiger partial charge >= 0.3 is 0 Å². The molecule has 2 aromatic rings. The molecule has 0 aliphatic heterocycles. The summed E-state index contributed by atoms with van der Waals surface area (Å²) in [6.07, 6.45) is 2.04. The molecule has 70 valence electrons. The maximum Gasteiger partial charge on any atom is 0.0120 e. The summed E-state index contributed by atoms with van der Waals surface area (Å²) in [6.45, 7) is 0. The second-order valence-corrected chi connectivity index (χ2v) is 4.10. The van der Waals surface area contributed by atoms with Crippen LogP contribution in [0.15, 0.2) is 36.4 Å². The van der Waals surface area contributed by atoms with Gasteiger partial charge in [-0.05, 0) is 34.7 Å². The fourth-order valence-electron chi connectivity index (χ4n) is 2.48. The second kappa shape index (κ2) is 2.82. The molecule has 3 rings (SSSR count). The zero-order chi connectivity index (χ0) is 9.54. The van der Waals surface area contributed by atoms with Crippen molar-refractivity contribution in [2.24, 2.45) is 5.73 Å². The van der Waals surface area contributed by atoms with Gasteiger partial charge < -0.3 is 5.73 Å². The van der Waals surface area contributed by atoms with E-state index < -0.39 is 0 Å². The quantitative estimate of drug-likeness (QED) is 0.666. The predicted octanol–water partition coefficient (Wildman–Crippen LogP) is 2.27. The van der Waals surface area contributed by atoms with E-state index in [1.54, 1.807) is 0 Å². The summed E-state index contributed by atoms with van der Waals surface area (Å²) in [7, 11) is 0. The molecule has 2 aromatic carbocycles. The third-order valence-corrected chi connectivity index (χ3v) is 3.04. The fourth-order valence-corrected chi connectivity index (χ4v) is 2.48. The molecule has 2 N–H and O–H groups in total. The number of rotatable bonds is 0. The van der Waals surface area contributed by atoms with Crippen LogP contribution < -0.4 is 5.73 Å². The minimum Gasteiger partial charge on any atom is -0.327 e. The molecule has 0 heterocycles. The molecular weight excluding hydrogens is 170 g/mol. The monoisotopic (exact) mass is 183 g/mol. The van der Waals surface area contributed by atoms with Crippen molar-refractivity contribution in [3.8, 4) is 0 Å². The highest BCUT2D eigenvalue weighted by molar-refractivity contribution is 5.89. The van der Waals surface area contributed by atoms with Crippen LogP contribution in [0.25, 0.3) is 10.8 Å². The molecule has 0 atom stereocenters. The molecule has 0 saturated carbocycles. The summed E-state index contributed by atoms with van der Waals surface area (Å²) < 4.78 is 0. The zero-order valence-corrected chi connectivity index (χ0v) is 8.03. The summed E-state index contributed by atoms with van der Waals surface area (Å²) in [6, 6.07) is 13.3. The number of hydrogen-bond acceptors (Lipinski definition) is 1. The van der Waals surface area contributed by atoms with Gasteiger partial charge in [0.05, 0.1) is 0 Å². The number of hydrogen-bond donors (Lipinski definition) is 1. The van der Waals surface area contributed by atoms with Crippen molar-refractivity contribution in [1.29, 1.82) is 0 Å². The van der Waals surface area contributed by atoms with E-state index in [1.165, 1.54) is 21.9 Å². The van der Waals surface area contributed by atoms with E-state index in [9.17, 15) is 0 Å². The standard InChI is InChI=1S/C13H13N/c14-12-7-10-5-1-3-9-4-2-6-11(8-12)13(9)10/h1-6,12H,7-8,14H2. The molecule has 1 aliphatic rings. The van der Waals surface area contributed by atoms with Crippen LogP contribution in [0.4, 0.5) is 0 Å². The van der Waals surface area contributed by atoms with Crippen LogP contribution in [0.5, 0.6) is 0 Å². The van der Waals surface area contributed by atoms with Crippen molar-refractivity contribution in [3.63, 3.8) is 0 Å². The molecular formula is C13H13N. The van der Waals surface area contributed by atoms with E-state index in [0.717, 1.165) is 12.8 Å². The van der Waals surface area contributed by atoms with E-state index in [-0.39, 0.29) is 0 Å². The first-order valence-electron chi connectivity index (χ1n) is 5.09. The summed E-state index contributed by atoms with van der Waals surface area (Å²) in [4.78, 5) is 0. The topological polar surface area (TPSA) is 26.0 Å². The van der Waals surface area contributed by atoms with Crippen LogP contribution in [0, 0.1) is 0 Å². The molecule has 0 bridgehead atoms. The van der Waals surface area contributed by atoms with Gasteiger partial charge in [-0.3, -0.25) is 0 Å². The summed E-state index contributed by atoms with van der Waals surface area (Å²) in [5.41, 5.74) is 8.85. The molecule has 0 spiro atoms. The average Bonchev–Trinajstić information content (AvgIpc) is 2.18. The highest BCUT2D eigenvalue weighted by atomic mass is 14.6. The maximum atomic E-state index is 6.02. The Morgan fingerprint density at radius 2 is 1.50 bits per heavy atom. The maximum absolute atomic E-state index is 6.02. The van der Waals surface area contributed by atoms with Crippen LogP contribution in [0.2, 0.25) is 0 Å². The minimum atomic E-state index is 0.301. The minimum absolute atomic E-state index is 0.301. The summed E-state index contributed by atoms with van der Waals surface area (Å²) in [5, 5.41) is 2.80. The molecule has 14 heavy (non-hydrogen) atoms. The lowest BCUT2D eigenvalue weighted by atomic mass is 9.86. The van der Waals surface area contributed by atoms with Gasteiger partial charge in [0.25, 0.3) is 0 Å². The first-order valence-corrected chi connectivity index (χ1v) is 5.09. The van der Waals surface area contributed by atoms with E-state index in [2.05, 4.69) is 36.4 Å². The largest absolute Gasteiger partial charge is 0.327 e. The van der Waals surface area contributed by atoms with Crippen molar-refractivity contribution in [2.75, 3.05) is 0 Å². The number of nitrogens with two attached hydrogens (primary N) is 1. The molecule has 0 saturated heterocycles. The van der Waals surface area contributed by atoms with Crippen LogP contribution in [-0.2, 0) is 12.8 Å². The van der Waals surface area contributed by atoms with Gasteiger partial charge in [0.1, 0.15) is 0 Å². The van der Waals surface area contributed by atoms with Crippen molar-refractivity contribution >= 4 is 10.8 Å². The first kappa shape index (κ1) is 8.01. The van der Waals surface area contributed by atoms with Crippen molar-refractivity contribution in [1.82, 2.24) is 0 Å². The Bertz CT molecular complexity index is 447. The fraction of sp³-hybridized carbons (Fsp3) is 0.231. The third-order valence-electron chi connectivity index (χ3n) is 3.04. The Morgan fingerprint density at radius 1 is 0.929 bits per heavy atom. The molecule has 0 amide bonds. The highest BCUT2D eigenvalue weighted by Crippen LogP contribution is 2.28. The van der Waals surface area contributed by atoms with E-state index in [0.29, 0.717) is 6.04 Å². The van der Waals surface area contributed by atoms with E-state index >= 15 is 0 Å². The average molecular weight is 183 g/mol. The Kier molecular flexibility index (Phi) is 1.62. The van der Waals surface area contributed by atoms with Gasteiger partial charge in [-0.25, -0.2) is 0 Å². The lowest BCUT2D eigenvalue weighted by Gasteiger charge is -2.22. The lowest BCUT2D eigenvalue weighted by Crippen LogP contribution is -2.28. The van der Waals surface area contributed by atoms with Gasteiger partial charge in [0.2, 0.25) is 0 Å². The third kappa shape index (κ3) is 1.06. The first-order chi connectivity index (χ1) is 6.84. The Labute approximate surface area is 83.5 Å². The Morgan fingerprint density at radius 3 is 2.07 bits per heavy atom. The van der Waals surface area contributed by atoms with Crippen LogP contribution >= 0.6 is 0 Å². The van der Waals surface area contributed by atoms with Crippen LogP contribution in [-0.4, -0.2) is 6.04 Å². The molecule has 0 unspecified atom stereocenters. The lowest BCUT2D eigenvalue weighted by molar-refractivity contribution is 0.656. The summed E-state index contributed by atoms with van der Waals surface area (Å²) >= 11 is 0. The summed E-state index contributed by atoms with van der Waals surface area (Å²) in [5.74, 6) is 0. The van der Waals surface area contributed by atoms with Gasteiger partial charge in [-0.15, -0.1) is 0 Å². The zero-order valence-electron chi connectivity index (χ0n) is 8.03. The molecule has 0 radical (unpaired) electrons. The molecule has 0 aromatic heterocycles. The van der Waals surface area contributed by atoms with Crippen molar-refractivity contribution in [3.05, 3.63) is 47.5 Å². The van der Waals surface area contributed by atoms with Gasteiger partial charge in [-0.2, -0.15) is 0 Å². The van der Waals surface area contributed by atoms with Crippen molar-refractivity contribution < 1.29 is 0 Å². The van der Waals surface area contributed by atoms with E-state index in [1.807, 2.05) is 0 Å². The molecule has 0 fully saturated rings.